The number of hydrogen-bond donors (Lipinski definition) is 1. The average Bonchev–Trinajstić information content (AvgIpc) is 2.53. The lowest BCUT2D eigenvalue weighted by Crippen LogP contribution is -2.32. The standard InChI is InChI=1S/C8H13NOS2/c1-6(9)7(2)12(10)8-4-3-5-11-8/h3-7H,9H2,1-2H3. The second kappa shape index (κ2) is 4.16. The Bertz CT molecular complexity index is 256. The molecule has 2 nitrogen and oxygen atoms in total. The summed E-state index contributed by atoms with van der Waals surface area (Å²) in [6.07, 6.45) is 0. The Labute approximate surface area is 79.2 Å². The summed E-state index contributed by atoms with van der Waals surface area (Å²) in [5, 5.41) is 1.96. The maximum absolute atomic E-state index is 11.7. The van der Waals surface area contributed by atoms with Crippen LogP contribution in [0.5, 0.6) is 0 Å². The summed E-state index contributed by atoms with van der Waals surface area (Å²) in [5.41, 5.74) is 5.65. The van der Waals surface area contributed by atoms with Crippen molar-refractivity contribution in [3.63, 3.8) is 0 Å². The Morgan fingerprint density at radius 3 is 2.67 bits per heavy atom. The zero-order valence-corrected chi connectivity index (χ0v) is 8.82. The van der Waals surface area contributed by atoms with Gasteiger partial charge in [-0.05, 0) is 25.3 Å². The molecule has 0 bridgehead atoms. The summed E-state index contributed by atoms with van der Waals surface area (Å²) in [7, 11) is -0.934. The van der Waals surface area contributed by atoms with Crippen molar-refractivity contribution in [3.05, 3.63) is 17.5 Å². The highest BCUT2D eigenvalue weighted by Gasteiger charge is 2.17. The molecule has 0 saturated carbocycles. The predicted molar refractivity (Wildman–Crippen MR) is 53.8 cm³/mol. The molecule has 0 spiro atoms. The van der Waals surface area contributed by atoms with Crippen LogP contribution in [0, 0.1) is 0 Å². The molecule has 1 aromatic rings. The molecule has 0 radical (unpaired) electrons. The van der Waals surface area contributed by atoms with Crippen LogP contribution in [0.25, 0.3) is 0 Å². The van der Waals surface area contributed by atoms with E-state index in [0.29, 0.717) is 0 Å². The van der Waals surface area contributed by atoms with Crippen molar-refractivity contribution in [1.82, 2.24) is 0 Å². The predicted octanol–water partition coefficient (Wildman–Crippen LogP) is 1.59. The van der Waals surface area contributed by atoms with Gasteiger partial charge >= 0.3 is 0 Å². The fourth-order valence-electron chi connectivity index (χ4n) is 0.756. The zero-order chi connectivity index (χ0) is 9.14. The Balaban J connectivity index is 2.72. The summed E-state index contributed by atoms with van der Waals surface area (Å²) in [6.45, 7) is 3.80. The molecule has 1 heterocycles. The Morgan fingerprint density at radius 2 is 2.25 bits per heavy atom. The number of thiophene rings is 1. The van der Waals surface area contributed by atoms with Crippen LogP contribution >= 0.6 is 11.3 Å². The van der Waals surface area contributed by atoms with E-state index in [-0.39, 0.29) is 11.3 Å². The van der Waals surface area contributed by atoms with Gasteiger partial charge in [-0.15, -0.1) is 11.3 Å². The molecular formula is C8H13NOS2. The van der Waals surface area contributed by atoms with Crippen LogP contribution in [0.1, 0.15) is 13.8 Å². The summed E-state index contributed by atoms with van der Waals surface area (Å²) >= 11 is 1.52. The maximum atomic E-state index is 11.7. The van der Waals surface area contributed by atoms with Gasteiger partial charge in [-0.1, -0.05) is 6.07 Å². The SMILES string of the molecule is CC(N)C(C)S(=O)c1cccs1. The quantitative estimate of drug-likeness (QED) is 0.810. The Hall–Kier alpha value is -0.190. The highest BCUT2D eigenvalue weighted by Crippen LogP contribution is 2.18. The van der Waals surface area contributed by atoms with Crippen LogP contribution in [-0.4, -0.2) is 15.5 Å². The van der Waals surface area contributed by atoms with E-state index in [1.54, 1.807) is 0 Å². The minimum Gasteiger partial charge on any atom is -0.327 e. The van der Waals surface area contributed by atoms with E-state index >= 15 is 0 Å². The van der Waals surface area contributed by atoms with Crippen LogP contribution in [-0.2, 0) is 10.8 Å². The molecule has 1 rings (SSSR count). The Morgan fingerprint density at radius 1 is 1.58 bits per heavy atom. The van der Waals surface area contributed by atoms with Crippen molar-refractivity contribution < 1.29 is 4.21 Å². The van der Waals surface area contributed by atoms with E-state index in [2.05, 4.69) is 0 Å². The Kier molecular flexibility index (Phi) is 3.43. The molecule has 0 aliphatic carbocycles. The first-order valence-corrected chi connectivity index (χ1v) is 5.92. The summed E-state index contributed by atoms with van der Waals surface area (Å²) < 4.78 is 12.6. The second-order valence-electron chi connectivity index (χ2n) is 2.79. The average molecular weight is 203 g/mol. The molecule has 68 valence electrons. The molecule has 0 fully saturated rings. The van der Waals surface area contributed by atoms with Gasteiger partial charge in [0.1, 0.15) is 0 Å². The molecule has 3 unspecified atom stereocenters. The third-order valence-corrected chi connectivity index (χ3v) is 4.85. The van der Waals surface area contributed by atoms with Gasteiger partial charge in [-0.3, -0.25) is 4.21 Å². The van der Waals surface area contributed by atoms with Crippen LogP contribution in [0.3, 0.4) is 0 Å². The van der Waals surface area contributed by atoms with Crippen molar-refractivity contribution in [2.24, 2.45) is 5.73 Å². The lowest BCUT2D eigenvalue weighted by atomic mass is 10.3. The number of rotatable bonds is 3. The van der Waals surface area contributed by atoms with Gasteiger partial charge in [-0.2, -0.15) is 0 Å². The third kappa shape index (κ3) is 2.15. The molecule has 4 heteroatoms. The number of hydrogen-bond acceptors (Lipinski definition) is 3. The van der Waals surface area contributed by atoms with E-state index in [1.165, 1.54) is 11.3 Å². The van der Waals surface area contributed by atoms with Gasteiger partial charge in [0, 0.05) is 6.04 Å². The van der Waals surface area contributed by atoms with E-state index in [4.69, 9.17) is 5.73 Å². The monoisotopic (exact) mass is 203 g/mol. The van der Waals surface area contributed by atoms with Gasteiger partial charge < -0.3 is 5.73 Å². The lowest BCUT2D eigenvalue weighted by Gasteiger charge is -2.13. The first kappa shape index (κ1) is 9.89. The molecule has 0 aliphatic rings. The summed E-state index contributed by atoms with van der Waals surface area (Å²) in [4.78, 5) is 0. The van der Waals surface area contributed by atoms with Gasteiger partial charge in [-0.25, -0.2) is 0 Å². The molecule has 2 N–H and O–H groups in total. The highest BCUT2D eigenvalue weighted by molar-refractivity contribution is 7.87. The van der Waals surface area contributed by atoms with Gasteiger partial charge in [0.15, 0.2) is 0 Å². The van der Waals surface area contributed by atoms with Crippen molar-refractivity contribution >= 4 is 22.1 Å². The fourth-order valence-corrected chi connectivity index (χ4v) is 3.17. The molecule has 1 aromatic heterocycles. The largest absolute Gasteiger partial charge is 0.327 e. The number of nitrogens with two attached hydrogens (primary N) is 1. The minimum atomic E-state index is -0.934. The van der Waals surface area contributed by atoms with Gasteiger partial charge in [0.2, 0.25) is 0 Å². The molecule has 3 atom stereocenters. The molecule has 0 aromatic carbocycles. The highest BCUT2D eigenvalue weighted by atomic mass is 32.2. The van der Waals surface area contributed by atoms with Crippen LogP contribution < -0.4 is 5.73 Å². The molecule has 0 amide bonds. The van der Waals surface area contributed by atoms with E-state index in [9.17, 15) is 4.21 Å². The smallest absolute Gasteiger partial charge is 0.0913 e. The zero-order valence-electron chi connectivity index (χ0n) is 7.19. The lowest BCUT2D eigenvalue weighted by molar-refractivity contribution is 0.650. The van der Waals surface area contributed by atoms with Crippen LogP contribution in [0.15, 0.2) is 21.7 Å². The van der Waals surface area contributed by atoms with E-state index < -0.39 is 10.8 Å². The van der Waals surface area contributed by atoms with E-state index in [1.807, 2.05) is 31.4 Å². The molecule has 12 heavy (non-hydrogen) atoms. The summed E-state index contributed by atoms with van der Waals surface area (Å²) in [5.74, 6) is 0. The second-order valence-corrected chi connectivity index (χ2v) is 5.78. The van der Waals surface area contributed by atoms with Gasteiger partial charge in [0.05, 0.1) is 20.3 Å². The fraction of sp³-hybridized carbons (Fsp3) is 0.500. The normalized spacial score (nSPS) is 18.6. The molecule has 0 saturated heterocycles. The summed E-state index contributed by atoms with van der Waals surface area (Å²) in [6, 6.07) is 3.78. The van der Waals surface area contributed by atoms with E-state index in [0.717, 1.165) is 4.21 Å². The van der Waals surface area contributed by atoms with Crippen LogP contribution in [0.2, 0.25) is 0 Å². The van der Waals surface area contributed by atoms with Crippen molar-refractivity contribution in [1.29, 1.82) is 0 Å². The van der Waals surface area contributed by atoms with Gasteiger partial charge in [0.25, 0.3) is 0 Å². The van der Waals surface area contributed by atoms with Crippen molar-refractivity contribution in [2.45, 2.75) is 29.3 Å². The topological polar surface area (TPSA) is 43.1 Å². The third-order valence-electron chi connectivity index (χ3n) is 1.77. The molecular weight excluding hydrogens is 190 g/mol. The van der Waals surface area contributed by atoms with Crippen molar-refractivity contribution in [2.75, 3.05) is 0 Å². The first-order chi connectivity index (χ1) is 5.63. The molecule has 0 aliphatic heterocycles. The maximum Gasteiger partial charge on any atom is 0.0913 e. The van der Waals surface area contributed by atoms with Crippen molar-refractivity contribution in [3.8, 4) is 0 Å². The van der Waals surface area contributed by atoms with Crippen LogP contribution in [0.4, 0.5) is 0 Å². The first-order valence-electron chi connectivity index (χ1n) is 3.82. The minimum absolute atomic E-state index is 0.0204.